The first-order valence-electron chi connectivity index (χ1n) is 5.09. The number of piperidine rings is 1. The van der Waals surface area contributed by atoms with Crippen LogP contribution in [0.25, 0.3) is 0 Å². The molecular formula is C11H17NO2. The van der Waals surface area contributed by atoms with Gasteiger partial charge in [-0.1, -0.05) is 6.92 Å². The van der Waals surface area contributed by atoms with Crippen LogP contribution in [0.3, 0.4) is 0 Å². The highest BCUT2D eigenvalue weighted by atomic mass is 16.6. The monoisotopic (exact) mass is 195 g/mol. The van der Waals surface area contributed by atoms with E-state index in [1.165, 1.54) is 0 Å². The van der Waals surface area contributed by atoms with Crippen LogP contribution in [0.4, 0.5) is 4.79 Å². The number of terminal acetylenes is 1. The summed E-state index contributed by atoms with van der Waals surface area (Å²) in [7, 11) is 0. The molecule has 0 aromatic heterocycles. The average molecular weight is 195 g/mol. The van der Waals surface area contributed by atoms with Gasteiger partial charge in [-0.15, -0.1) is 12.3 Å². The summed E-state index contributed by atoms with van der Waals surface area (Å²) in [5.41, 5.74) is 0. The lowest BCUT2D eigenvalue weighted by molar-refractivity contribution is 0.0909. The minimum Gasteiger partial charge on any atom is -0.448 e. The number of hydrogen-bond acceptors (Lipinski definition) is 2. The van der Waals surface area contributed by atoms with E-state index < -0.39 is 0 Å². The van der Waals surface area contributed by atoms with E-state index in [4.69, 9.17) is 11.2 Å². The Morgan fingerprint density at radius 2 is 2.21 bits per heavy atom. The molecule has 1 rings (SSSR count). The number of carbonyl (C=O) groups is 1. The van der Waals surface area contributed by atoms with Crippen LogP contribution in [0.15, 0.2) is 0 Å². The van der Waals surface area contributed by atoms with Gasteiger partial charge in [-0.2, -0.15) is 0 Å². The summed E-state index contributed by atoms with van der Waals surface area (Å²) in [6.45, 7) is 4.18. The molecule has 1 aliphatic rings. The van der Waals surface area contributed by atoms with Gasteiger partial charge < -0.3 is 9.64 Å². The van der Waals surface area contributed by atoms with Gasteiger partial charge in [-0.25, -0.2) is 4.79 Å². The Labute approximate surface area is 85.4 Å². The van der Waals surface area contributed by atoms with Crippen LogP contribution in [-0.4, -0.2) is 30.7 Å². The fraction of sp³-hybridized carbons (Fsp3) is 0.727. The van der Waals surface area contributed by atoms with E-state index in [1.54, 1.807) is 4.90 Å². The molecule has 0 bridgehead atoms. The summed E-state index contributed by atoms with van der Waals surface area (Å²) in [6, 6.07) is 0. The summed E-state index contributed by atoms with van der Waals surface area (Å²) in [4.78, 5) is 13.2. The van der Waals surface area contributed by atoms with Crippen molar-refractivity contribution in [3.8, 4) is 12.3 Å². The minimum absolute atomic E-state index is 0.216. The van der Waals surface area contributed by atoms with E-state index in [0.29, 0.717) is 13.0 Å². The molecule has 0 aromatic rings. The molecule has 0 aliphatic carbocycles. The molecule has 1 amide bonds. The first-order valence-corrected chi connectivity index (χ1v) is 5.09. The van der Waals surface area contributed by atoms with Crippen molar-refractivity contribution < 1.29 is 9.53 Å². The maximum atomic E-state index is 11.4. The first-order chi connectivity index (χ1) is 6.74. The van der Waals surface area contributed by atoms with Crippen molar-refractivity contribution in [3.05, 3.63) is 0 Å². The van der Waals surface area contributed by atoms with Crippen LogP contribution in [0.1, 0.15) is 26.2 Å². The summed E-state index contributed by atoms with van der Waals surface area (Å²) in [5.74, 6) is 3.16. The first kappa shape index (κ1) is 10.9. The highest BCUT2D eigenvalue weighted by Crippen LogP contribution is 2.16. The second-order valence-electron chi connectivity index (χ2n) is 3.74. The van der Waals surface area contributed by atoms with Gasteiger partial charge in [-0.3, -0.25) is 0 Å². The van der Waals surface area contributed by atoms with Gasteiger partial charge in [-0.05, 0) is 18.8 Å². The van der Waals surface area contributed by atoms with E-state index in [9.17, 15) is 4.79 Å². The topological polar surface area (TPSA) is 29.5 Å². The van der Waals surface area contributed by atoms with E-state index in [2.05, 4.69) is 12.8 Å². The van der Waals surface area contributed by atoms with Crippen molar-refractivity contribution >= 4 is 6.09 Å². The number of nitrogens with zero attached hydrogens (tertiary/aromatic N) is 1. The van der Waals surface area contributed by atoms with Crippen molar-refractivity contribution in [2.75, 3.05) is 19.7 Å². The molecule has 0 atom stereocenters. The molecule has 0 unspecified atom stereocenters. The largest absolute Gasteiger partial charge is 0.448 e. The number of amides is 1. The number of likely N-dealkylation sites (tertiary alicyclic amines) is 1. The van der Waals surface area contributed by atoms with Crippen molar-refractivity contribution in [1.29, 1.82) is 0 Å². The average Bonchev–Trinajstić information content (AvgIpc) is 2.19. The van der Waals surface area contributed by atoms with Gasteiger partial charge in [0.15, 0.2) is 0 Å². The number of hydrogen-bond donors (Lipinski definition) is 0. The second kappa shape index (κ2) is 5.54. The van der Waals surface area contributed by atoms with Crippen LogP contribution in [0.2, 0.25) is 0 Å². The summed E-state index contributed by atoms with van der Waals surface area (Å²) in [6.07, 6.45) is 7.48. The van der Waals surface area contributed by atoms with E-state index in [-0.39, 0.29) is 6.09 Å². The molecule has 1 fully saturated rings. The fourth-order valence-corrected chi connectivity index (χ4v) is 1.48. The lowest BCUT2D eigenvalue weighted by Gasteiger charge is -2.29. The summed E-state index contributed by atoms with van der Waals surface area (Å²) >= 11 is 0. The van der Waals surface area contributed by atoms with Gasteiger partial charge in [0.05, 0.1) is 0 Å². The van der Waals surface area contributed by atoms with Crippen LogP contribution < -0.4 is 0 Å². The molecule has 0 N–H and O–H groups in total. The lowest BCUT2D eigenvalue weighted by atomic mass is 10.00. The lowest BCUT2D eigenvalue weighted by Crippen LogP contribution is -2.38. The van der Waals surface area contributed by atoms with Gasteiger partial charge >= 0.3 is 6.09 Å². The third-order valence-electron chi connectivity index (χ3n) is 2.51. The van der Waals surface area contributed by atoms with Gasteiger partial charge in [0.2, 0.25) is 0 Å². The number of ether oxygens (including phenoxy) is 1. The third kappa shape index (κ3) is 3.29. The fourth-order valence-electron chi connectivity index (χ4n) is 1.48. The quantitative estimate of drug-likeness (QED) is 0.497. The summed E-state index contributed by atoms with van der Waals surface area (Å²) < 4.78 is 5.00. The van der Waals surface area contributed by atoms with Crippen molar-refractivity contribution in [3.63, 3.8) is 0 Å². The Morgan fingerprint density at radius 1 is 1.57 bits per heavy atom. The van der Waals surface area contributed by atoms with E-state index in [1.807, 2.05) is 0 Å². The van der Waals surface area contributed by atoms with Crippen molar-refractivity contribution in [2.24, 2.45) is 5.92 Å². The van der Waals surface area contributed by atoms with Crippen LogP contribution in [0, 0.1) is 18.3 Å². The predicted octanol–water partition coefficient (Wildman–Crippen LogP) is 1.88. The molecular weight excluding hydrogens is 178 g/mol. The minimum atomic E-state index is -0.216. The Bertz CT molecular complexity index is 224. The van der Waals surface area contributed by atoms with E-state index in [0.717, 1.165) is 31.8 Å². The standard InChI is InChI=1S/C11H17NO2/c1-3-4-9-14-11(13)12-7-5-10(2)6-8-12/h1,10H,4-9H2,2H3. The van der Waals surface area contributed by atoms with Crippen LogP contribution >= 0.6 is 0 Å². The molecule has 0 radical (unpaired) electrons. The van der Waals surface area contributed by atoms with Crippen LogP contribution in [-0.2, 0) is 4.74 Å². The molecule has 1 saturated heterocycles. The highest BCUT2D eigenvalue weighted by Gasteiger charge is 2.20. The number of rotatable bonds is 2. The van der Waals surface area contributed by atoms with Crippen molar-refractivity contribution in [2.45, 2.75) is 26.2 Å². The summed E-state index contributed by atoms with van der Waals surface area (Å²) in [5, 5.41) is 0. The molecule has 14 heavy (non-hydrogen) atoms. The maximum absolute atomic E-state index is 11.4. The van der Waals surface area contributed by atoms with Gasteiger partial charge in [0.25, 0.3) is 0 Å². The zero-order chi connectivity index (χ0) is 10.4. The molecule has 1 aliphatic heterocycles. The molecule has 3 nitrogen and oxygen atoms in total. The van der Waals surface area contributed by atoms with E-state index >= 15 is 0 Å². The Morgan fingerprint density at radius 3 is 2.79 bits per heavy atom. The predicted molar refractivity (Wildman–Crippen MR) is 54.8 cm³/mol. The van der Waals surface area contributed by atoms with Gasteiger partial charge in [0, 0.05) is 19.5 Å². The Balaban J connectivity index is 2.21. The molecule has 0 spiro atoms. The second-order valence-corrected chi connectivity index (χ2v) is 3.74. The van der Waals surface area contributed by atoms with Crippen LogP contribution in [0.5, 0.6) is 0 Å². The van der Waals surface area contributed by atoms with Crippen molar-refractivity contribution in [1.82, 2.24) is 4.90 Å². The SMILES string of the molecule is C#CCCOC(=O)N1CCC(C)CC1. The highest BCUT2D eigenvalue weighted by molar-refractivity contribution is 5.67. The smallest absolute Gasteiger partial charge is 0.409 e. The normalized spacial score (nSPS) is 17.6. The Kier molecular flexibility index (Phi) is 4.31. The van der Waals surface area contributed by atoms with Gasteiger partial charge in [0.1, 0.15) is 6.61 Å². The maximum Gasteiger partial charge on any atom is 0.409 e. The molecule has 0 saturated carbocycles. The number of carbonyl (C=O) groups excluding carboxylic acids is 1. The zero-order valence-corrected chi connectivity index (χ0v) is 8.66. The molecule has 78 valence electrons. The third-order valence-corrected chi connectivity index (χ3v) is 2.51. The zero-order valence-electron chi connectivity index (χ0n) is 8.66. The molecule has 0 aromatic carbocycles. The molecule has 3 heteroatoms. The molecule has 1 heterocycles. The Hall–Kier alpha value is -1.17.